The number of nitrogens with zero attached hydrogens (tertiary/aromatic N) is 5. The number of likely N-dealkylation sites (tertiary alicyclic amines) is 1. The van der Waals surface area contributed by atoms with Crippen molar-refractivity contribution < 1.29 is 4.79 Å². The number of Topliss-reactive ketones (excluding diaryl/α,β-unsaturated/α-hetero) is 1. The highest BCUT2D eigenvalue weighted by molar-refractivity contribution is 5.92. The van der Waals surface area contributed by atoms with E-state index in [-0.39, 0.29) is 6.04 Å². The molecule has 1 aromatic carbocycles. The average molecular weight is 377 g/mol. The number of hydrogen-bond donors (Lipinski definition) is 0. The van der Waals surface area contributed by atoms with E-state index in [1.807, 2.05) is 12.1 Å². The molecule has 2 fully saturated rings. The van der Waals surface area contributed by atoms with Crippen LogP contribution in [0.5, 0.6) is 0 Å². The average Bonchev–Trinajstić information content (AvgIpc) is 3.12. The second kappa shape index (κ2) is 7.84. The van der Waals surface area contributed by atoms with E-state index < -0.39 is 0 Å². The Labute approximate surface area is 166 Å². The van der Waals surface area contributed by atoms with E-state index >= 15 is 0 Å². The molecular formula is C22H27N5O. The van der Waals surface area contributed by atoms with Gasteiger partial charge >= 0.3 is 0 Å². The largest absolute Gasteiger partial charge is 0.369 e. The molecule has 0 N–H and O–H groups in total. The molecule has 3 atom stereocenters. The Morgan fingerprint density at radius 1 is 1.25 bits per heavy atom. The SMILES string of the molecule is C[C@H]1C[C@@H](CC(=O)C2CCCN2C)CN(c2ccc(C#N)c3nccnc23)C1. The molecule has 3 heterocycles. The highest BCUT2D eigenvalue weighted by Gasteiger charge is 2.32. The number of ketones is 1. The van der Waals surface area contributed by atoms with E-state index in [2.05, 4.69) is 39.8 Å². The standard InChI is InChI=1S/C22H27N5O/c1-15-10-16(11-20(28)18-4-3-9-26(18)2)14-27(13-15)19-6-5-17(12-23)21-22(19)25-8-7-24-21/h5-8,15-16,18H,3-4,9-11,13-14H2,1-2H3/t15-,16-,18?/m0/s1. The van der Waals surface area contributed by atoms with Crippen LogP contribution in [0.15, 0.2) is 24.5 Å². The number of piperidine rings is 1. The summed E-state index contributed by atoms with van der Waals surface area (Å²) in [5.74, 6) is 1.26. The highest BCUT2D eigenvalue weighted by Crippen LogP contribution is 2.33. The fourth-order valence-electron chi connectivity index (χ4n) is 4.95. The highest BCUT2D eigenvalue weighted by atomic mass is 16.1. The number of carbonyl (C=O) groups is 1. The first-order chi connectivity index (χ1) is 13.6. The summed E-state index contributed by atoms with van der Waals surface area (Å²) in [5, 5.41) is 9.37. The van der Waals surface area contributed by atoms with Crippen molar-refractivity contribution in [3.05, 3.63) is 30.1 Å². The van der Waals surface area contributed by atoms with Gasteiger partial charge in [-0.25, -0.2) is 0 Å². The lowest BCUT2D eigenvalue weighted by Gasteiger charge is -2.38. The fraction of sp³-hybridized carbons (Fsp3) is 0.545. The lowest BCUT2D eigenvalue weighted by molar-refractivity contribution is -0.124. The van der Waals surface area contributed by atoms with Crippen LogP contribution in [0, 0.1) is 23.2 Å². The molecule has 0 spiro atoms. The Bertz CT molecular complexity index is 921. The molecule has 0 aliphatic carbocycles. The summed E-state index contributed by atoms with van der Waals surface area (Å²) in [6.07, 6.45) is 7.16. The molecule has 6 nitrogen and oxygen atoms in total. The van der Waals surface area contributed by atoms with Gasteiger partial charge in [-0.2, -0.15) is 5.26 Å². The van der Waals surface area contributed by atoms with E-state index in [1.54, 1.807) is 12.4 Å². The predicted molar refractivity (Wildman–Crippen MR) is 109 cm³/mol. The minimum atomic E-state index is 0.104. The number of benzene rings is 1. The molecule has 28 heavy (non-hydrogen) atoms. The van der Waals surface area contributed by atoms with E-state index in [0.717, 1.165) is 50.1 Å². The van der Waals surface area contributed by atoms with Crippen LogP contribution in [0.3, 0.4) is 0 Å². The minimum Gasteiger partial charge on any atom is -0.369 e. The number of fused-ring (bicyclic) bond motifs is 1. The zero-order valence-electron chi connectivity index (χ0n) is 16.6. The Hall–Kier alpha value is -2.52. The molecule has 6 heteroatoms. The first-order valence-corrected chi connectivity index (χ1v) is 10.2. The Morgan fingerprint density at radius 2 is 2.04 bits per heavy atom. The van der Waals surface area contributed by atoms with Crippen molar-refractivity contribution in [3.63, 3.8) is 0 Å². The molecule has 2 aliphatic heterocycles. The van der Waals surface area contributed by atoms with Crippen molar-refractivity contribution in [1.82, 2.24) is 14.9 Å². The van der Waals surface area contributed by atoms with Gasteiger partial charge in [0, 0.05) is 31.9 Å². The maximum Gasteiger partial charge on any atom is 0.150 e. The van der Waals surface area contributed by atoms with Gasteiger partial charge in [0.25, 0.3) is 0 Å². The van der Waals surface area contributed by atoms with Crippen LogP contribution in [-0.4, -0.2) is 53.4 Å². The van der Waals surface area contributed by atoms with Crippen LogP contribution in [-0.2, 0) is 4.79 Å². The lowest BCUT2D eigenvalue weighted by Crippen LogP contribution is -2.42. The summed E-state index contributed by atoms with van der Waals surface area (Å²) in [6.45, 7) is 5.07. The van der Waals surface area contributed by atoms with Gasteiger partial charge in [0.05, 0.1) is 17.3 Å². The van der Waals surface area contributed by atoms with Crippen LogP contribution >= 0.6 is 0 Å². The third-order valence-corrected chi connectivity index (χ3v) is 6.19. The summed E-state index contributed by atoms with van der Waals surface area (Å²) < 4.78 is 0. The summed E-state index contributed by atoms with van der Waals surface area (Å²) in [4.78, 5) is 26.3. The Balaban J connectivity index is 1.57. The number of hydrogen-bond acceptors (Lipinski definition) is 6. The lowest BCUT2D eigenvalue weighted by atomic mass is 9.85. The molecule has 146 valence electrons. The molecule has 4 rings (SSSR count). The van der Waals surface area contributed by atoms with Gasteiger partial charge in [-0.3, -0.25) is 19.7 Å². The van der Waals surface area contributed by atoms with Crippen molar-refractivity contribution in [2.75, 3.05) is 31.6 Å². The first-order valence-electron chi connectivity index (χ1n) is 10.2. The van der Waals surface area contributed by atoms with E-state index in [0.29, 0.717) is 35.1 Å². The fourth-order valence-corrected chi connectivity index (χ4v) is 4.95. The van der Waals surface area contributed by atoms with Crippen LogP contribution < -0.4 is 4.90 Å². The summed E-state index contributed by atoms with van der Waals surface area (Å²) in [5.41, 5.74) is 2.99. The van der Waals surface area contributed by atoms with E-state index in [1.165, 1.54) is 0 Å². The molecule has 0 amide bonds. The number of aromatic nitrogens is 2. The third-order valence-electron chi connectivity index (χ3n) is 6.19. The zero-order chi connectivity index (χ0) is 19.7. The maximum absolute atomic E-state index is 12.9. The zero-order valence-corrected chi connectivity index (χ0v) is 16.6. The van der Waals surface area contributed by atoms with Gasteiger partial charge in [-0.1, -0.05) is 6.92 Å². The van der Waals surface area contributed by atoms with Crippen molar-refractivity contribution in [3.8, 4) is 6.07 Å². The quantitative estimate of drug-likeness (QED) is 0.815. The molecule has 0 saturated carbocycles. The van der Waals surface area contributed by atoms with Crippen molar-refractivity contribution in [1.29, 1.82) is 5.26 Å². The van der Waals surface area contributed by atoms with Gasteiger partial charge < -0.3 is 4.90 Å². The molecule has 0 bridgehead atoms. The summed E-state index contributed by atoms with van der Waals surface area (Å²) in [7, 11) is 2.06. The normalized spacial score (nSPS) is 25.8. The first kappa shape index (κ1) is 18.8. The maximum atomic E-state index is 12.9. The number of likely N-dealkylation sites (N-methyl/N-ethyl adjacent to an activating group) is 1. The second-order valence-corrected chi connectivity index (χ2v) is 8.42. The van der Waals surface area contributed by atoms with Crippen molar-refractivity contribution >= 4 is 22.5 Å². The number of anilines is 1. The smallest absolute Gasteiger partial charge is 0.150 e. The molecule has 1 aromatic heterocycles. The Kier molecular flexibility index (Phi) is 5.27. The molecule has 2 saturated heterocycles. The summed E-state index contributed by atoms with van der Waals surface area (Å²) in [6, 6.07) is 6.13. The monoisotopic (exact) mass is 377 g/mol. The van der Waals surface area contributed by atoms with Gasteiger partial charge in [0.1, 0.15) is 22.9 Å². The molecular weight excluding hydrogens is 350 g/mol. The topological polar surface area (TPSA) is 73.1 Å². The van der Waals surface area contributed by atoms with Gasteiger partial charge in [-0.15, -0.1) is 0 Å². The summed E-state index contributed by atoms with van der Waals surface area (Å²) >= 11 is 0. The van der Waals surface area contributed by atoms with Gasteiger partial charge in [0.2, 0.25) is 0 Å². The number of nitriles is 1. The van der Waals surface area contributed by atoms with Gasteiger partial charge in [0.15, 0.2) is 0 Å². The third kappa shape index (κ3) is 3.59. The van der Waals surface area contributed by atoms with Gasteiger partial charge in [-0.05, 0) is 56.8 Å². The van der Waals surface area contributed by atoms with Crippen LogP contribution in [0.1, 0.15) is 38.2 Å². The van der Waals surface area contributed by atoms with Crippen molar-refractivity contribution in [2.45, 2.75) is 38.6 Å². The second-order valence-electron chi connectivity index (χ2n) is 8.42. The van der Waals surface area contributed by atoms with Crippen LogP contribution in [0.25, 0.3) is 11.0 Å². The number of carbonyl (C=O) groups excluding carboxylic acids is 1. The van der Waals surface area contributed by atoms with Crippen molar-refractivity contribution in [2.24, 2.45) is 11.8 Å². The van der Waals surface area contributed by atoms with E-state index in [4.69, 9.17) is 0 Å². The van der Waals surface area contributed by atoms with Crippen LogP contribution in [0.4, 0.5) is 5.69 Å². The minimum absolute atomic E-state index is 0.104. The predicted octanol–water partition coefficient (Wildman–Crippen LogP) is 3.02. The van der Waals surface area contributed by atoms with E-state index in [9.17, 15) is 10.1 Å². The molecule has 0 radical (unpaired) electrons. The number of rotatable bonds is 4. The van der Waals surface area contributed by atoms with Crippen LogP contribution in [0.2, 0.25) is 0 Å². The molecule has 2 aromatic rings. The molecule has 2 aliphatic rings. The Morgan fingerprint density at radius 3 is 2.75 bits per heavy atom. The molecule has 1 unspecified atom stereocenters.